The number of nitrogens with one attached hydrogen (secondary N) is 4. The van der Waals surface area contributed by atoms with Gasteiger partial charge < -0.3 is 49.3 Å². The highest BCUT2D eigenvalue weighted by atomic mass is 35.5. The zero-order valence-electron chi connectivity index (χ0n) is 37.2. The van der Waals surface area contributed by atoms with Crippen molar-refractivity contribution in [2.75, 3.05) is 53.7 Å². The van der Waals surface area contributed by atoms with Gasteiger partial charge in [0.15, 0.2) is 0 Å². The third-order valence-electron chi connectivity index (χ3n) is 13.1. The van der Waals surface area contributed by atoms with Gasteiger partial charge in [0.05, 0.1) is 38.2 Å². The fourth-order valence-corrected chi connectivity index (χ4v) is 9.90. The molecule has 4 aromatic rings. The van der Waals surface area contributed by atoms with Gasteiger partial charge in [0.25, 0.3) is 0 Å². The SMILES string of the molecule is COC(=O)N[C@H](C(=O)N1C[C@@H](C)C[C@H]1c1ncc(-c2ccc(C#Cc3ccc(-c4nc([C@@H]5C[C@H](C)CN5C(=O)[C@H](NC(=O)OC)C5CCOCC5)[nH]c4Cl)cc3)cc2)[nH]1)C1CCOCC1. The monoisotopic (exact) mass is 908 g/mol. The average Bonchev–Trinajstić information content (AvgIpc) is 4.16. The van der Waals surface area contributed by atoms with Crippen LogP contribution in [0.25, 0.3) is 22.5 Å². The number of aromatic amines is 2. The van der Waals surface area contributed by atoms with E-state index >= 15 is 0 Å². The lowest BCUT2D eigenvalue weighted by Gasteiger charge is -2.34. The maximum atomic E-state index is 14.1. The molecule has 16 nitrogen and oxygen atoms in total. The Morgan fingerprint density at radius 3 is 1.65 bits per heavy atom. The summed E-state index contributed by atoms with van der Waals surface area (Å²) in [5.74, 6) is 7.87. The van der Waals surface area contributed by atoms with Gasteiger partial charge in [-0.15, -0.1) is 0 Å². The number of alkyl carbamates (subject to hydrolysis) is 2. The van der Waals surface area contributed by atoms with Crippen LogP contribution in [-0.4, -0.2) is 120 Å². The molecule has 0 bridgehead atoms. The molecular formula is C48H57ClN8O8. The van der Waals surface area contributed by atoms with E-state index < -0.39 is 24.3 Å². The smallest absolute Gasteiger partial charge is 0.407 e. The number of carbonyl (C=O) groups excluding carboxylic acids is 4. The first-order valence-electron chi connectivity index (χ1n) is 22.5. The molecule has 0 radical (unpaired) electrons. The maximum Gasteiger partial charge on any atom is 0.407 e. The van der Waals surface area contributed by atoms with Crippen molar-refractivity contribution in [2.24, 2.45) is 23.7 Å². The Morgan fingerprint density at radius 2 is 1.17 bits per heavy atom. The molecule has 2 aromatic heterocycles. The minimum atomic E-state index is -0.737. The van der Waals surface area contributed by atoms with E-state index in [1.807, 2.05) is 58.3 Å². The number of nitrogens with zero attached hydrogens (tertiary/aromatic N) is 4. The Balaban J connectivity index is 0.918. The van der Waals surface area contributed by atoms with Crippen LogP contribution in [0, 0.1) is 35.5 Å². The van der Waals surface area contributed by atoms with E-state index in [4.69, 9.17) is 40.5 Å². The molecule has 4 saturated heterocycles. The molecule has 0 unspecified atom stereocenters. The molecule has 4 fully saturated rings. The fourth-order valence-electron chi connectivity index (χ4n) is 9.65. The summed E-state index contributed by atoms with van der Waals surface area (Å²) in [5.41, 5.74) is 4.79. The van der Waals surface area contributed by atoms with Crippen molar-refractivity contribution >= 4 is 35.6 Å². The second kappa shape index (κ2) is 20.5. The van der Waals surface area contributed by atoms with Crippen LogP contribution < -0.4 is 10.6 Å². The van der Waals surface area contributed by atoms with Gasteiger partial charge in [-0.25, -0.2) is 19.6 Å². The molecule has 65 heavy (non-hydrogen) atoms. The van der Waals surface area contributed by atoms with Crippen molar-refractivity contribution in [1.29, 1.82) is 0 Å². The number of H-pyrrole nitrogens is 2. The van der Waals surface area contributed by atoms with E-state index in [0.717, 1.165) is 34.4 Å². The summed E-state index contributed by atoms with van der Waals surface area (Å²) < 4.78 is 20.8. The average molecular weight is 909 g/mol. The molecule has 0 saturated carbocycles. The molecule has 6 heterocycles. The number of likely N-dealkylation sites (tertiary alicyclic amines) is 2. The number of carbonyl (C=O) groups is 4. The summed E-state index contributed by atoms with van der Waals surface area (Å²) in [6.07, 6.45) is 4.66. The van der Waals surface area contributed by atoms with E-state index in [0.29, 0.717) is 94.1 Å². The van der Waals surface area contributed by atoms with Gasteiger partial charge in [0.1, 0.15) is 34.6 Å². The van der Waals surface area contributed by atoms with Crippen LogP contribution in [-0.2, 0) is 28.5 Å². The van der Waals surface area contributed by atoms with Crippen LogP contribution in [0.4, 0.5) is 9.59 Å². The molecule has 2 aromatic carbocycles. The second-order valence-corrected chi connectivity index (χ2v) is 18.1. The Kier molecular flexibility index (Phi) is 14.4. The summed E-state index contributed by atoms with van der Waals surface area (Å²) in [6, 6.07) is 13.6. The first-order valence-corrected chi connectivity index (χ1v) is 22.9. The number of hydrogen-bond acceptors (Lipinski definition) is 10. The molecule has 0 aliphatic carbocycles. The summed E-state index contributed by atoms with van der Waals surface area (Å²) in [5, 5.41) is 6.00. The Bertz CT molecular complexity index is 2380. The lowest BCUT2D eigenvalue weighted by Crippen LogP contribution is -2.53. The van der Waals surface area contributed by atoms with E-state index in [-0.39, 0.29) is 47.6 Å². The fraction of sp³-hybridized carbons (Fsp3) is 0.500. The van der Waals surface area contributed by atoms with Gasteiger partial charge in [0.2, 0.25) is 11.8 Å². The van der Waals surface area contributed by atoms with Crippen LogP contribution >= 0.6 is 11.6 Å². The second-order valence-electron chi connectivity index (χ2n) is 17.7. The predicted molar refractivity (Wildman–Crippen MR) is 241 cm³/mol. The number of benzene rings is 2. The number of rotatable bonds is 10. The largest absolute Gasteiger partial charge is 0.453 e. The normalized spacial score (nSPS) is 22.4. The van der Waals surface area contributed by atoms with Crippen molar-refractivity contribution in [1.82, 2.24) is 40.4 Å². The minimum absolute atomic E-state index is 0.0458. The summed E-state index contributed by atoms with van der Waals surface area (Å²) in [7, 11) is 2.60. The molecule has 8 rings (SSSR count). The summed E-state index contributed by atoms with van der Waals surface area (Å²) >= 11 is 6.77. The molecule has 4 amide bonds. The predicted octanol–water partition coefficient (Wildman–Crippen LogP) is 6.64. The molecule has 0 spiro atoms. The molecule has 344 valence electrons. The highest BCUT2D eigenvalue weighted by Crippen LogP contribution is 2.39. The number of methoxy groups -OCH3 is 2. The van der Waals surface area contributed by atoms with Gasteiger partial charge in [-0.2, -0.15) is 0 Å². The summed E-state index contributed by atoms with van der Waals surface area (Å²) in [4.78, 5) is 72.9. The standard InChI is InChI=1S/C48H57ClN8O8/c1-28-23-37(56(26-28)45(58)40(53-47(60)62-3)34-15-19-64-20-16-34)43-50-25-36(51-43)32-11-7-30(8-12-32)5-6-31-9-13-33(14-10-31)39-42(49)55-44(52-39)38-24-29(2)27-57(38)46(59)41(54-48(61)63-4)35-17-21-65-22-18-35/h7-14,25,28-29,34-35,37-38,40-41H,15-24,26-27H2,1-4H3,(H,50,51)(H,52,55)(H,53,60)(H,54,61)/t28-,29-,37-,38-,40-,41+/m0/s1. The third kappa shape index (κ3) is 10.5. The van der Waals surface area contributed by atoms with Gasteiger partial charge in [-0.1, -0.05) is 61.6 Å². The van der Waals surface area contributed by atoms with Crippen molar-refractivity contribution < 1.29 is 38.1 Å². The van der Waals surface area contributed by atoms with E-state index in [9.17, 15) is 19.2 Å². The number of hydrogen-bond donors (Lipinski definition) is 4. The van der Waals surface area contributed by atoms with Crippen molar-refractivity contribution in [3.8, 4) is 34.4 Å². The third-order valence-corrected chi connectivity index (χ3v) is 13.4. The number of amides is 4. The van der Waals surface area contributed by atoms with Gasteiger partial charge in [-0.05, 0) is 92.0 Å². The zero-order chi connectivity index (χ0) is 45.6. The first-order chi connectivity index (χ1) is 31.5. The van der Waals surface area contributed by atoms with Crippen LogP contribution in [0.3, 0.4) is 0 Å². The zero-order valence-corrected chi connectivity index (χ0v) is 38.0. The molecule has 17 heteroatoms. The molecule has 4 aliphatic rings. The quantitative estimate of drug-likeness (QED) is 0.125. The Hall–Kier alpha value is -5.89. The topological polar surface area (TPSA) is 193 Å². The molecule has 4 aliphatic heterocycles. The maximum absolute atomic E-state index is 14.1. The van der Waals surface area contributed by atoms with E-state index in [2.05, 4.69) is 46.3 Å². The van der Waals surface area contributed by atoms with Crippen LogP contribution in [0.15, 0.2) is 54.7 Å². The summed E-state index contributed by atoms with van der Waals surface area (Å²) in [6.45, 7) is 7.48. The number of halogens is 1. The van der Waals surface area contributed by atoms with E-state index in [1.54, 1.807) is 6.20 Å². The lowest BCUT2D eigenvalue weighted by atomic mass is 9.90. The van der Waals surface area contributed by atoms with Crippen molar-refractivity contribution in [2.45, 2.75) is 76.5 Å². The van der Waals surface area contributed by atoms with Crippen LogP contribution in [0.2, 0.25) is 5.15 Å². The lowest BCUT2D eigenvalue weighted by molar-refractivity contribution is -0.137. The highest BCUT2D eigenvalue weighted by Gasteiger charge is 2.44. The van der Waals surface area contributed by atoms with Gasteiger partial charge in [-0.3, -0.25) is 9.59 Å². The van der Waals surface area contributed by atoms with Crippen LogP contribution in [0.5, 0.6) is 0 Å². The Labute approximate surface area is 383 Å². The Morgan fingerprint density at radius 1 is 0.708 bits per heavy atom. The number of imidazole rings is 2. The van der Waals surface area contributed by atoms with Crippen molar-refractivity contribution in [3.63, 3.8) is 0 Å². The highest BCUT2D eigenvalue weighted by molar-refractivity contribution is 6.31. The molecule has 6 atom stereocenters. The molecular weight excluding hydrogens is 852 g/mol. The van der Waals surface area contributed by atoms with E-state index in [1.165, 1.54) is 14.2 Å². The minimum Gasteiger partial charge on any atom is -0.453 e. The molecule has 4 N–H and O–H groups in total. The first kappa shape index (κ1) is 45.7. The number of aromatic nitrogens is 4. The van der Waals surface area contributed by atoms with Crippen LogP contribution in [0.1, 0.15) is 87.2 Å². The van der Waals surface area contributed by atoms with Gasteiger partial charge in [0, 0.05) is 56.2 Å². The van der Waals surface area contributed by atoms with Crippen molar-refractivity contribution in [3.05, 3.63) is 82.7 Å². The van der Waals surface area contributed by atoms with Gasteiger partial charge >= 0.3 is 12.2 Å². The number of ether oxygens (including phenoxy) is 4.